The van der Waals surface area contributed by atoms with Crippen LogP contribution in [-0.2, 0) is 4.79 Å². The Morgan fingerprint density at radius 2 is 1.81 bits per heavy atom. The first-order valence-electron chi connectivity index (χ1n) is 5.40. The Kier molecular flexibility index (Phi) is 7.12. The first-order chi connectivity index (χ1) is 7.43. The molecule has 16 heavy (non-hydrogen) atoms. The molecule has 3 nitrogen and oxygen atoms in total. The van der Waals surface area contributed by atoms with Crippen LogP contribution in [-0.4, -0.2) is 41.8 Å². The number of amides is 1. The third-order valence-corrected chi connectivity index (χ3v) is 2.18. The molecule has 0 unspecified atom stereocenters. The van der Waals surface area contributed by atoms with Gasteiger partial charge in [-0.2, -0.15) is 13.2 Å². The number of alkyl halides is 3. The molecule has 0 aromatic rings. The number of hydrogen-bond donors (Lipinski definition) is 1. The second-order valence-corrected chi connectivity index (χ2v) is 3.57. The van der Waals surface area contributed by atoms with Crippen molar-refractivity contribution in [3.63, 3.8) is 0 Å². The molecule has 0 rings (SSSR count). The van der Waals surface area contributed by atoms with Gasteiger partial charge >= 0.3 is 12.1 Å². The van der Waals surface area contributed by atoms with Crippen LogP contribution in [0.25, 0.3) is 0 Å². The average molecular weight is 241 g/mol. The van der Waals surface area contributed by atoms with Crippen molar-refractivity contribution in [3.8, 4) is 0 Å². The lowest BCUT2D eigenvalue weighted by Crippen LogP contribution is -2.43. The molecule has 0 saturated heterocycles. The zero-order chi connectivity index (χ0) is 12.6. The summed E-state index contributed by atoms with van der Waals surface area (Å²) in [6.07, 6.45) is -1.60. The zero-order valence-corrected chi connectivity index (χ0v) is 9.39. The summed E-state index contributed by atoms with van der Waals surface area (Å²) in [6.45, 7) is 1.34. The molecule has 0 heterocycles. The van der Waals surface area contributed by atoms with Gasteiger partial charge in [0.05, 0.1) is 6.61 Å². The monoisotopic (exact) mass is 241 g/mol. The van der Waals surface area contributed by atoms with Crippen molar-refractivity contribution >= 4 is 5.91 Å². The highest BCUT2D eigenvalue weighted by atomic mass is 19.4. The van der Waals surface area contributed by atoms with Crippen LogP contribution in [0.2, 0.25) is 0 Å². The maximum Gasteiger partial charge on any atom is 0.471 e. The maximum absolute atomic E-state index is 12.1. The van der Waals surface area contributed by atoms with Crippen molar-refractivity contribution < 1.29 is 23.1 Å². The highest BCUT2D eigenvalue weighted by molar-refractivity contribution is 5.81. The number of unbranched alkanes of at least 4 members (excludes halogenated alkanes) is 3. The largest absolute Gasteiger partial charge is 0.471 e. The molecule has 0 atom stereocenters. The quantitative estimate of drug-likeness (QED) is 0.692. The number of aliphatic hydroxyl groups excluding tert-OH is 1. The number of hydrogen-bond acceptors (Lipinski definition) is 2. The van der Waals surface area contributed by atoms with E-state index in [1.165, 1.54) is 0 Å². The van der Waals surface area contributed by atoms with E-state index >= 15 is 0 Å². The van der Waals surface area contributed by atoms with Crippen molar-refractivity contribution in [2.75, 3.05) is 19.7 Å². The predicted molar refractivity (Wildman–Crippen MR) is 53.9 cm³/mol. The van der Waals surface area contributed by atoms with E-state index in [1.54, 1.807) is 0 Å². The molecule has 0 radical (unpaired) electrons. The Labute approximate surface area is 93.2 Å². The minimum absolute atomic E-state index is 0.0545. The summed E-state index contributed by atoms with van der Waals surface area (Å²) in [5.74, 6) is -1.86. The lowest BCUT2D eigenvalue weighted by atomic mass is 10.2. The number of carbonyl (C=O) groups excluding carboxylic acids is 1. The molecule has 0 bridgehead atoms. The SMILES string of the molecule is CCCCCCN(CCO)C(=O)C(F)(F)F. The minimum atomic E-state index is -4.85. The lowest BCUT2D eigenvalue weighted by molar-refractivity contribution is -0.185. The van der Waals surface area contributed by atoms with Gasteiger partial charge in [0.2, 0.25) is 0 Å². The fourth-order valence-electron chi connectivity index (χ4n) is 1.34. The molecular weight excluding hydrogens is 223 g/mol. The van der Waals surface area contributed by atoms with Gasteiger partial charge < -0.3 is 10.0 Å². The van der Waals surface area contributed by atoms with Gasteiger partial charge in [0.15, 0.2) is 0 Å². The van der Waals surface area contributed by atoms with Gasteiger partial charge in [-0.15, -0.1) is 0 Å². The van der Waals surface area contributed by atoms with Gasteiger partial charge in [-0.25, -0.2) is 0 Å². The predicted octanol–water partition coefficient (Wildman–Crippen LogP) is 1.95. The normalized spacial score (nSPS) is 11.6. The van der Waals surface area contributed by atoms with Gasteiger partial charge in [0.1, 0.15) is 0 Å². The van der Waals surface area contributed by atoms with Crippen molar-refractivity contribution in [2.45, 2.75) is 38.8 Å². The molecule has 0 aromatic carbocycles. The van der Waals surface area contributed by atoms with Gasteiger partial charge in [-0.3, -0.25) is 4.79 Å². The first kappa shape index (κ1) is 15.2. The third-order valence-electron chi connectivity index (χ3n) is 2.18. The van der Waals surface area contributed by atoms with Gasteiger partial charge in [0.25, 0.3) is 0 Å². The molecule has 0 aliphatic carbocycles. The van der Waals surface area contributed by atoms with Crippen LogP contribution in [0.4, 0.5) is 13.2 Å². The van der Waals surface area contributed by atoms with Crippen LogP contribution >= 0.6 is 0 Å². The standard InChI is InChI=1S/C10H18F3NO2/c1-2-3-4-5-6-14(7-8-15)9(16)10(11,12)13/h15H,2-8H2,1H3. The number of nitrogens with zero attached hydrogens (tertiary/aromatic N) is 1. The molecular formula is C10H18F3NO2. The molecule has 1 amide bonds. The smallest absolute Gasteiger partial charge is 0.395 e. The summed E-state index contributed by atoms with van der Waals surface area (Å²) in [7, 11) is 0. The fourth-order valence-corrected chi connectivity index (χ4v) is 1.34. The molecule has 0 aliphatic rings. The number of carbonyl (C=O) groups is 1. The number of rotatable bonds is 7. The van der Waals surface area contributed by atoms with Gasteiger partial charge in [-0.1, -0.05) is 26.2 Å². The summed E-state index contributed by atoms with van der Waals surface area (Å²) < 4.78 is 36.4. The molecule has 96 valence electrons. The Balaban J connectivity index is 4.11. The summed E-state index contributed by atoms with van der Waals surface area (Å²) in [5, 5.41) is 8.59. The highest BCUT2D eigenvalue weighted by Gasteiger charge is 2.41. The van der Waals surface area contributed by atoms with Crippen molar-refractivity contribution in [1.82, 2.24) is 4.90 Å². The molecule has 1 N–H and O–H groups in total. The van der Waals surface area contributed by atoms with Crippen LogP contribution in [0, 0.1) is 0 Å². The summed E-state index contributed by atoms with van der Waals surface area (Å²) in [6, 6.07) is 0. The second-order valence-electron chi connectivity index (χ2n) is 3.57. The van der Waals surface area contributed by atoms with Crippen molar-refractivity contribution in [1.29, 1.82) is 0 Å². The highest BCUT2D eigenvalue weighted by Crippen LogP contribution is 2.18. The Hall–Kier alpha value is -0.780. The van der Waals surface area contributed by atoms with E-state index in [0.29, 0.717) is 11.3 Å². The molecule has 0 saturated carbocycles. The van der Waals surface area contributed by atoms with Crippen molar-refractivity contribution in [2.24, 2.45) is 0 Å². The molecule has 0 fully saturated rings. The topological polar surface area (TPSA) is 40.5 Å². The fraction of sp³-hybridized carbons (Fsp3) is 0.900. The molecule has 0 aliphatic heterocycles. The van der Waals surface area contributed by atoms with Crippen LogP contribution < -0.4 is 0 Å². The van der Waals surface area contributed by atoms with E-state index in [1.807, 2.05) is 6.92 Å². The third kappa shape index (κ3) is 5.95. The summed E-state index contributed by atoms with van der Waals surface area (Å²) >= 11 is 0. The Morgan fingerprint density at radius 3 is 2.25 bits per heavy atom. The molecule has 0 aromatic heterocycles. The Morgan fingerprint density at radius 1 is 1.19 bits per heavy atom. The van der Waals surface area contributed by atoms with Crippen molar-refractivity contribution in [3.05, 3.63) is 0 Å². The van der Waals surface area contributed by atoms with E-state index in [-0.39, 0.29) is 13.1 Å². The average Bonchev–Trinajstić information content (AvgIpc) is 2.20. The van der Waals surface area contributed by atoms with Crippen LogP contribution in [0.1, 0.15) is 32.6 Å². The maximum atomic E-state index is 12.1. The van der Waals surface area contributed by atoms with E-state index in [2.05, 4.69) is 0 Å². The van der Waals surface area contributed by atoms with E-state index < -0.39 is 18.7 Å². The summed E-state index contributed by atoms with van der Waals surface area (Å²) in [4.78, 5) is 11.6. The van der Waals surface area contributed by atoms with Crippen LogP contribution in [0.15, 0.2) is 0 Å². The summed E-state index contributed by atoms with van der Waals surface area (Å²) in [5.41, 5.74) is 0. The van der Waals surface area contributed by atoms with Crippen LogP contribution in [0.3, 0.4) is 0 Å². The number of halogens is 3. The molecule has 6 heteroatoms. The Bertz CT molecular complexity index is 207. The van der Waals surface area contributed by atoms with E-state index in [4.69, 9.17) is 5.11 Å². The number of aliphatic hydroxyl groups is 1. The van der Waals surface area contributed by atoms with E-state index in [9.17, 15) is 18.0 Å². The van der Waals surface area contributed by atoms with Crippen LogP contribution in [0.5, 0.6) is 0 Å². The first-order valence-corrected chi connectivity index (χ1v) is 5.40. The van der Waals surface area contributed by atoms with Gasteiger partial charge in [0, 0.05) is 13.1 Å². The van der Waals surface area contributed by atoms with E-state index in [0.717, 1.165) is 19.3 Å². The zero-order valence-electron chi connectivity index (χ0n) is 9.39. The second kappa shape index (κ2) is 7.49. The van der Waals surface area contributed by atoms with Gasteiger partial charge in [-0.05, 0) is 6.42 Å². The lowest BCUT2D eigenvalue weighted by Gasteiger charge is -2.22. The molecule has 0 spiro atoms. The minimum Gasteiger partial charge on any atom is -0.395 e.